The number of sulfonamides is 1. The van der Waals surface area contributed by atoms with Crippen LogP contribution in [0.1, 0.15) is 60.5 Å². The Morgan fingerprint density at radius 3 is 2.27 bits per heavy atom. The predicted octanol–water partition coefficient (Wildman–Crippen LogP) is 4.09. The number of nitrogens with one attached hydrogen (secondary N) is 2. The van der Waals surface area contributed by atoms with Crippen molar-refractivity contribution in [3.8, 4) is 11.5 Å². The summed E-state index contributed by atoms with van der Waals surface area (Å²) in [4.78, 5) is 26.3. The maximum atomic E-state index is 13.8. The van der Waals surface area contributed by atoms with Crippen LogP contribution in [-0.2, 0) is 26.0 Å². The Labute approximate surface area is 261 Å². The highest BCUT2D eigenvalue weighted by atomic mass is 32.2. The maximum absolute atomic E-state index is 13.8. The molecule has 44 heavy (non-hydrogen) atoms. The van der Waals surface area contributed by atoms with Gasteiger partial charge in [0.1, 0.15) is 11.6 Å². The van der Waals surface area contributed by atoms with Gasteiger partial charge in [0.05, 0.1) is 17.0 Å². The summed E-state index contributed by atoms with van der Waals surface area (Å²) in [5.41, 5.74) is 0.0849. The van der Waals surface area contributed by atoms with Crippen molar-refractivity contribution < 1.29 is 37.3 Å². The van der Waals surface area contributed by atoms with Crippen LogP contribution in [0.2, 0.25) is 0 Å². The van der Waals surface area contributed by atoms with Crippen LogP contribution in [-0.4, -0.2) is 73.5 Å². The Morgan fingerprint density at radius 2 is 1.66 bits per heavy atom. The second kappa shape index (κ2) is 15.1. The lowest BCUT2D eigenvalue weighted by molar-refractivity contribution is -0.126. The number of rotatable bonds is 14. The fraction of sp³-hybridized carbons (Fsp3) is 0.562. The predicted molar refractivity (Wildman–Crippen MR) is 167 cm³/mol. The molecule has 1 aliphatic rings. The highest BCUT2D eigenvalue weighted by Gasteiger charge is 2.35. The van der Waals surface area contributed by atoms with Crippen molar-refractivity contribution in [3.63, 3.8) is 0 Å². The zero-order valence-corrected chi connectivity index (χ0v) is 27.5. The van der Waals surface area contributed by atoms with Crippen LogP contribution in [0.25, 0.3) is 0 Å². The summed E-state index contributed by atoms with van der Waals surface area (Å²) in [5, 5.41) is 17.2. The van der Waals surface area contributed by atoms with Gasteiger partial charge in [0.25, 0.3) is 0 Å². The fourth-order valence-corrected chi connectivity index (χ4v) is 6.40. The van der Waals surface area contributed by atoms with E-state index in [0.29, 0.717) is 17.9 Å². The van der Waals surface area contributed by atoms with Gasteiger partial charge < -0.3 is 30.0 Å². The molecule has 0 spiro atoms. The topological polar surface area (TPSA) is 143 Å². The molecule has 0 radical (unpaired) electrons. The zero-order valence-electron chi connectivity index (χ0n) is 26.7. The van der Waals surface area contributed by atoms with Gasteiger partial charge in [-0.1, -0.05) is 64.4 Å². The third-order valence-electron chi connectivity index (χ3n) is 7.20. The number of carbonyl (C=O) groups is 2. The van der Waals surface area contributed by atoms with Crippen LogP contribution in [0.5, 0.6) is 11.5 Å². The van der Waals surface area contributed by atoms with E-state index in [-0.39, 0.29) is 43.0 Å². The van der Waals surface area contributed by atoms with Crippen molar-refractivity contribution in [2.45, 2.75) is 90.0 Å². The van der Waals surface area contributed by atoms with Gasteiger partial charge in [0, 0.05) is 19.2 Å². The van der Waals surface area contributed by atoms with Gasteiger partial charge in [-0.2, -0.15) is 4.31 Å². The van der Waals surface area contributed by atoms with Gasteiger partial charge in [-0.25, -0.2) is 13.2 Å². The monoisotopic (exact) mass is 633 g/mol. The van der Waals surface area contributed by atoms with Crippen molar-refractivity contribution in [3.05, 3.63) is 54.1 Å². The quantitative estimate of drug-likeness (QED) is 0.282. The minimum absolute atomic E-state index is 0.00848. The molecule has 0 fully saturated rings. The highest BCUT2D eigenvalue weighted by molar-refractivity contribution is 7.89. The Bertz CT molecular complexity index is 1360. The number of hydrogen-bond donors (Lipinski definition) is 3. The molecule has 0 saturated heterocycles. The first-order valence-corrected chi connectivity index (χ1v) is 16.5. The minimum Gasteiger partial charge on any atom is -0.454 e. The Kier molecular flexibility index (Phi) is 12.0. The average molecular weight is 634 g/mol. The molecule has 11 nitrogen and oxygen atoms in total. The van der Waals surface area contributed by atoms with Gasteiger partial charge in [-0.15, -0.1) is 0 Å². The van der Waals surface area contributed by atoms with Crippen LogP contribution in [0.15, 0.2) is 53.4 Å². The summed E-state index contributed by atoms with van der Waals surface area (Å²) < 4.78 is 45.0. The molecular weight excluding hydrogens is 586 g/mol. The molecule has 4 atom stereocenters. The number of benzene rings is 2. The summed E-state index contributed by atoms with van der Waals surface area (Å²) in [6.45, 7) is 12.6. The van der Waals surface area contributed by atoms with E-state index < -0.39 is 45.8 Å². The van der Waals surface area contributed by atoms with Gasteiger partial charge in [0.2, 0.25) is 22.7 Å². The molecule has 2 aromatic rings. The van der Waals surface area contributed by atoms with Gasteiger partial charge in [0.15, 0.2) is 11.5 Å². The molecule has 2 aromatic carbocycles. The van der Waals surface area contributed by atoms with Gasteiger partial charge >= 0.3 is 6.09 Å². The number of fused-ring (bicyclic) bond motifs is 1. The van der Waals surface area contributed by atoms with Crippen LogP contribution < -0.4 is 20.1 Å². The van der Waals surface area contributed by atoms with E-state index in [1.807, 2.05) is 58.0 Å². The molecule has 0 aromatic heterocycles. The van der Waals surface area contributed by atoms with Crippen LogP contribution >= 0.6 is 0 Å². The molecule has 0 bridgehead atoms. The van der Waals surface area contributed by atoms with E-state index in [4.69, 9.17) is 14.2 Å². The smallest absolute Gasteiger partial charge is 0.408 e. The molecule has 2 amide bonds. The average Bonchev–Trinajstić information content (AvgIpc) is 3.42. The van der Waals surface area contributed by atoms with Crippen LogP contribution in [0, 0.1) is 11.8 Å². The Hall–Kier alpha value is -3.35. The van der Waals surface area contributed by atoms with E-state index in [2.05, 4.69) is 10.6 Å². The van der Waals surface area contributed by atoms with Crippen molar-refractivity contribution in [2.24, 2.45) is 11.8 Å². The van der Waals surface area contributed by atoms with Gasteiger partial charge in [-0.3, -0.25) is 4.79 Å². The minimum atomic E-state index is -4.06. The highest BCUT2D eigenvalue weighted by Crippen LogP contribution is 2.35. The number of aliphatic hydroxyl groups is 1. The normalized spacial score (nSPS) is 15.9. The summed E-state index contributed by atoms with van der Waals surface area (Å²) in [7, 11) is -4.06. The van der Waals surface area contributed by atoms with E-state index in [1.54, 1.807) is 26.8 Å². The number of aliphatic hydroxyl groups excluding tert-OH is 1. The second-order valence-corrected chi connectivity index (χ2v) is 14.6. The molecule has 12 heteroatoms. The maximum Gasteiger partial charge on any atom is 0.408 e. The SMILES string of the molecule is CC[C@H](C)[C@H](NC(=O)OC(C)(C)C)C(=O)NC(Cc1ccccc1)[C@H](O)CN(CC(C)C)S(=O)(=O)c1ccc2c(c1)OCO2. The number of carbonyl (C=O) groups excluding carboxylic acids is 2. The molecule has 3 rings (SSSR count). The molecule has 1 aliphatic heterocycles. The lowest BCUT2D eigenvalue weighted by Crippen LogP contribution is -2.57. The molecule has 0 aliphatic carbocycles. The largest absolute Gasteiger partial charge is 0.454 e. The Balaban J connectivity index is 1.89. The number of nitrogens with zero attached hydrogens (tertiary/aromatic N) is 1. The van der Waals surface area contributed by atoms with E-state index in [0.717, 1.165) is 5.56 Å². The number of alkyl carbamates (subject to hydrolysis) is 1. The molecule has 1 unspecified atom stereocenters. The van der Waals surface area contributed by atoms with E-state index in [1.165, 1.54) is 16.4 Å². The molecular formula is C32H47N3O8S. The first kappa shape index (κ1) is 35.1. The molecule has 0 saturated carbocycles. The summed E-state index contributed by atoms with van der Waals surface area (Å²) >= 11 is 0. The van der Waals surface area contributed by atoms with E-state index >= 15 is 0 Å². The molecule has 1 heterocycles. The summed E-state index contributed by atoms with van der Waals surface area (Å²) in [6, 6.07) is 11.9. The van der Waals surface area contributed by atoms with Crippen molar-refractivity contribution >= 4 is 22.0 Å². The Morgan fingerprint density at radius 1 is 1.00 bits per heavy atom. The third-order valence-corrected chi connectivity index (χ3v) is 9.03. The van der Waals surface area contributed by atoms with Crippen molar-refractivity contribution in [2.75, 3.05) is 19.9 Å². The third kappa shape index (κ3) is 9.83. The number of hydrogen-bond acceptors (Lipinski definition) is 8. The summed E-state index contributed by atoms with van der Waals surface area (Å²) in [5.74, 6) is -0.0131. The van der Waals surface area contributed by atoms with Gasteiger partial charge in [-0.05, 0) is 56.7 Å². The van der Waals surface area contributed by atoms with Crippen LogP contribution in [0.4, 0.5) is 4.79 Å². The molecule has 3 N–H and O–H groups in total. The second-order valence-electron chi connectivity index (χ2n) is 12.6. The lowest BCUT2D eigenvalue weighted by Gasteiger charge is -2.32. The first-order chi connectivity index (χ1) is 20.6. The van der Waals surface area contributed by atoms with Crippen molar-refractivity contribution in [1.82, 2.24) is 14.9 Å². The first-order valence-electron chi connectivity index (χ1n) is 15.0. The summed E-state index contributed by atoms with van der Waals surface area (Å²) in [6.07, 6.45) is -1.19. The lowest BCUT2D eigenvalue weighted by atomic mass is 9.96. The van der Waals surface area contributed by atoms with E-state index in [9.17, 15) is 23.1 Å². The van der Waals surface area contributed by atoms with Crippen molar-refractivity contribution in [1.29, 1.82) is 0 Å². The number of ether oxygens (including phenoxy) is 3. The fourth-order valence-electron chi connectivity index (χ4n) is 4.76. The number of amides is 2. The van der Waals surface area contributed by atoms with Crippen LogP contribution in [0.3, 0.4) is 0 Å². The zero-order chi connectivity index (χ0) is 32.7. The standard InChI is InChI=1S/C32H47N3O8S/c1-8-22(4)29(34-31(38)43-32(5,6)7)30(37)33-25(16-23-12-10-9-11-13-23)26(36)19-35(18-21(2)3)44(39,40)24-14-15-27-28(17-24)42-20-41-27/h9-15,17,21-22,25-26,29,36H,8,16,18-20H2,1-7H3,(H,33,37)(H,34,38)/t22-,25?,26+,29-/m0/s1. The molecule has 244 valence electrons.